The Hall–Kier alpha value is -1.06. The van der Waals surface area contributed by atoms with E-state index in [4.69, 9.17) is 15.2 Å². The van der Waals surface area contributed by atoms with Crippen molar-refractivity contribution in [2.45, 2.75) is 13.0 Å². The predicted octanol–water partition coefficient (Wildman–Crippen LogP) is 1.65. The fourth-order valence-electron chi connectivity index (χ4n) is 1.41. The van der Waals surface area contributed by atoms with Crippen LogP contribution in [0.3, 0.4) is 0 Å². The zero-order chi connectivity index (χ0) is 10.6. The number of rotatable bonds is 4. The first kappa shape index (κ1) is 11.0. The zero-order valence-corrected chi connectivity index (χ0v) is 8.91. The summed E-state index contributed by atoms with van der Waals surface area (Å²) >= 11 is 0. The highest BCUT2D eigenvalue weighted by atomic mass is 16.5. The zero-order valence-electron chi connectivity index (χ0n) is 8.91. The lowest BCUT2D eigenvalue weighted by Crippen LogP contribution is -2.14. The van der Waals surface area contributed by atoms with Gasteiger partial charge < -0.3 is 15.2 Å². The van der Waals surface area contributed by atoms with Crippen LogP contribution in [0.1, 0.15) is 17.2 Å². The molecule has 14 heavy (non-hydrogen) atoms. The molecule has 0 unspecified atom stereocenters. The molecule has 0 saturated carbocycles. The van der Waals surface area contributed by atoms with E-state index in [2.05, 4.69) is 0 Å². The van der Waals surface area contributed by atoms with Crippen LogP contribution in [-0.4, -0.2) is 20.8 Å². The monoisotopic (exact) mass is 195 g/mol. The Morgan fingerprint density at radius 1 is 1.36 bits per heavy atom. The topological polar surface area (TPSA) is 44.5 Å². The second kappa shape index (κ2) is 4.98. The highest BCUT2D eigenvalue weighted by Crippen LogP contribution is 2.24. The van der Waals surface area contributed by atoms with E-state index >= 15 is 0 Å². The van der Waals surface area contributed by atoms with Gasteiger partial charge in [-0.2, -0.15) is 0 Å². The number of ether oxygens (including phenoxy) is 2. The Morgan fingerprint density at radius 3 is 2.57 bits per heavy atom. The van der Waals surface area contributed by atoms with Crippen molar-refractivity contribution in [3.05, 3.63) is 29.3 Å². The van der Waals surface area contributed by atoms with Gasteiger partial charge >= 0.3 is 0 Å². The fourth-order valence-corrected chi connectivity index (χ4v) is 1.41. The maximum absolute atomic E-state index is 5.58. The molecule has 1 rings (SSSR count). The molecule has 3 heteroatoms. The van der Waals surface area contributed by atoms with Gasteiger partial charge in [0.15, 0.2) is 0 Å². The van der Waals surface area contributed by atoms with Crippen molar-refractivity contribution < 1.29 is 9.47 Å². The molecule has 78 valence electrons. The van der Waals surface area contributed by atoms with E-state index in [1.165, 1.54) is 0 Å². The molecule has 0 heterocycles. The first-order valence-corrected chi connectivity index (χ1v) is 4.60. The molecule has 0 saturated heterocycles. The van der Waals surface area contributed by atoms with Gasteiger partial charge in [-0.25, -0.2) is 0 Å². The Kier molecular flexibility index (Phi) is 3.92. The van der Waals surface area contributed by atoms with Crippen molar-refractivity contribution in [2.75, 3.05) is 20.8 Å². The molecular weight excluding hydrogens is 178 g/mol. The third-order valence-electron chi connectivity index (χ3n) is 2.30. The first-order chi connectivity index (χ1) is 6.72. The Morgan fingerprint density at radius 2 is 2.07 bits per heavy atom. The number of hydrogen-bond acceptors (Lipinski definition) is 3. The first-order valence-electron chi connectivity index (χ1n) is 4.60. The van der Waals surface area contributed by atoms with Crippen molar-refractivity contribution in [3.8, 4) is 5.75 Å². The summed E-state index contributed by atoms with van der Waals surface area (Å²) in [5.41, 5.74) is 7.75. The maximum atomic E-state index is 5.58. The lowest BCUT2D eigenvalue weighted by atomic mass is 10.1. The smallest absolute Gasteiger partial charge is 0.122 e. The number of nitrogens with two attached hydrogens (primary N) is 1. The normalized spacial score (nSPS) is 12.6. The van der Waals surface area contributed by atoms with Crippen molar-refractivity contribution in [2.24, 2.45) is 5.73 Å². The van der Waals surface area contributed by atoms with E-state index in [0.717, 1.165) is 16.9 Å². The lowest BCUT2D eigenvalue weighted by molar-refractivity contribution is 0.110. The highest BCUT2D eigenvalue weighted by Gasteiger charge is 2.09. The van der Waals surface area contributed by atoms with Gasteiger partial charge in [0.1, 0.15) is 5.75 Å². The molecule has 0 aliphatic carbocycles. The molecule has 0 radical (unpaired) electrons. The highest BCUT2D eigenvalue weighted by molar-refractivity contribution is 5.37. The third-order valence-corrected chi connectivity index (χ3v) is 2.30. The van der Waals surface area contributed by atoms with E-state index in [0.29, 0.717) is 6.54 Å². The van der Waals surface area contributed by atoms with E-state index in [-0.39, 0.29) is 6.10 Å². The summed E-state index contributed by atoms with van der Waals surface area (Å²) in [5.74, 6) is 0.873. The second-order valence-electron chi connectivity index (χ2n) is 3.19. The summed E-state index contributed by atoms with van der Waals surface area (Å²) in [5, 5.41) is 0. The molecule has 0 fully saturated rings. The van der Waals surface area contributed by atoms with Crippen molar-refractivity contribution >= 4 is 0 Å². The van der Waals surface area contributed by atoms with E-state index in [1.807, 2.05) is 25.1 Å². The molecule has 1 aromatic rings. The molecule has 0 aliphatic heterocycles. The molecule has 3 nitrogen and oxygen atoms in total. The summed E-state index contributed by atoms with van der Waals surface area (Å²) in [4.78, 5) is 0. The van der Waals surface area contributed by atoms with Gasteiger partial charge in [0.25, 0.3) is 0 Å². The standard InChI is InChI=1S/C11H17NO2/c1-8-4-5-9(6-10(8)13-2)11(7-12)14-3/h4-6,11H,7,12H2,1-3H3/t11-/m1/s1. The van der Waals surface area contributed by atoms with Gasteiger partial charge in [0, 0.05) is 13.7 Å². The summed E-state index contributed by atoms with van der Waals surface area (Å²) in [6.45, 7) is 2.48. The summed E-state index contributed by atoms with van der Waals surface area (Å²) in [7, 11) is 3.32. The van der Waals surface area contributed by atoms with Crippen molar-refractivity contribution in [1.29, 1.82) is 0 Å². The van der Waals surface area contributed by atoms with Crippen LogP contribution in [-0.2, 0) is 4.74 Å². The van der Waals surface area contributed by atoms with Crippen LogP contribution in [0.25, 0.3) is 0 Å². The number of benzene rings is 1. The van der Waals surface area contributed by atoms with Gasteiger partial charge in [-0.3, -0.25) is 0 Å². The predicted molar refractivity (Wildman–Crippen MR) is 56.5 cm³/mol. The molecule has 0 spiro atoms. The summed E-state index contributed by atoms with van der Waals surface area (Å²) < 4.78 is 10.5. The number of aryl methyl sites for hydroxylation is 1. The SMILES string of the molecule is COc1cc([C@@H](CN)OC)ccc1C. The fraction of sp³-hybridized carbons (Fsp3) is 0.455. The van der Waals surface area contributed by atoms with Gasteiger partial charge in [-0.15, -0.1) is 0 Å². The van der Waals surface area contributed by atoms with E-state index in [9.17, 15) is 0 Å². The molecular formula is C11H17NO2. The van der Waals surface area contributed by atoms with Gasteiger partial charge in [-0.1, -0.05) is 12.1 Å². The van der Waals surface area contributed by atoms with Gasteiger partial charge in [-0.05, 0) is 24.1 Å². The molecule has 0 aliphatic rings. The number of methoxy groups -OCH3 is 2. The maximum Gasteiger partial charge on any atom is 0.122 e. The van der Waals surface area contributed by atoms with E-state index < -0.39 is 0 Å². The Labute approximate surface area is 84.8 Å². The minimum Gasteiger partial charge on any atom is -0.496 e. The third kappa shape index (κ3) is 2.25. The average Bonchev–Trinajstić information content (AvgIpc) is 2.22. The van der Waals surface area contributed by atoms with Crippen LogP contribution < -0.4 is 10.5 Å². The minimum absolute atomic E-state index is 0.0514. The molecule has 0 bridgehead atoms. The van der Waals surface area contributed by atoms with Crippen LogP contribution in [0.2, 0.25) is 0 Å². The molecule has 2 N–H and O–H groups in total. The molecule has 1 aromatic carbocycles. The van der Waals surface area contributed by atoms with Gasteiger partial charge in [0.05, 0.1) is 13.2 Å². The quantitative estimate of drug-likeness (QED) is 0.794. The molecule has 1 atom stereocenters. The Balaban J connectivity index is 2.98. The Bertz CT molecular complexity index is 295. The van der Waals surface area contributed by atoms with E-state index in [1.54, 1.807) is 14.2 Å². The van der Waals surface area contributed by atoms with Gasteiger partial charge in [0.2, 0.25) is 0 Å². The van der Waals surface area contributed by atoms with Crippen molar-refractivity contribution in [3.63, 3.8) is 0 Å². The average molecular weight is 195 g/mol. The second-order valence-corrected chi connectivity index (χ2v) is 3.19. The lowest BCUT2D eigenvalue weighted by Gasteiger charge is -2.15. The largest absolute Gasteiger partial charge is 0.496 e. The van der Waals surface area contributed by atoms with Crippen LogP contribution in [0.5, 0.6) is 5.75 Å². The van der Waals surface area contributed by atoms with Crippen LogP contribution >= 0.6 is 0 Å². The molecule has 0 aromatic heterocycles. The van der Waals surface area contributed by atoms with Crippen LogP contribution in [0.15, 0.2) is 18.2 Å². The van der Waals surface area contributed by atoms with Crippen LogP contribution in [0, 0.1) is 6.92 Å². The minimum atomic E-state index is -0.0514. The van der Waals surface area contributed by atoms with Crippen molar-refractivity contribution in [1.82, 2.24) is 0 Å². The number of hydrogen-bond donors (Lipinski definition) is 1. The molecule has 0 amide bonds. The summed E-state index contributed by atoms with van der Waals surface area (Å²) in [6.07, 6.45) is -0.0514. The van der Waals surface area contributed by atoms with Crippen LogP contribution in [0.4, 0.5) is 0 Å². The summed E-state index contributed by atoms with van der Waals surface area (Å²) in [6, 6.07) is 5.99.